The van der Waals surface area contributed by atoms with E-state index in [4.69, 9.17) is 4.52 Å². The predicted molar refractivity (Wildman–Crippen MR) is 64.6 cm³/mol. The van der Waals surface area contributed by atoms with Crippen LogP contribution in [0.4, 0.5) is 4.79 Å². The van der Waals surface area contributed by atoms with Gasteiger partial charge in [-0.2, -0.15) is 5.10 Å². The van der Waals surface area contributed by atoms with Gasteiger partial charge in [-0.3, -0.25) is 0 Å². The molecule has 0 aliphatic carbocycles. The minimum absolute atomic E-state index is 0.0639. The van der Waals surface area contributed by atoms with Crippen LogP contribution in [-0.4, -0.2) is 36.9 Å². The number of urea groups is 1. The molecule has 1 aromatic rings. The van der Waals surface area contributed by atoms with Crippen LogP contribution >= 0.6 is 0 Å². The minimum atomic E-state index is -3.93. The van der Waals surface area contributed by atoms with Crippen molar-refractivity contribution in [3.63, 3.8) is 0 Å². The maximum atomic E-state index is 12.2. The van der Waals surface area contributed by atoms with Crippen molar-refractivity contribution in [3.8, 4) is 0 Å². The summed E-state index contributed by atoms with van der Waals surface area (Å²) >= 11 is 0. The first kappa shape index (κ1) is 13.5. The Bertz CT molecular complexity index is 628. The number of aromatic nitrogens is 1. The van der Waals surface area contributed by atoms with Gasteiger partial charge in [-0.15, -0.1) is 4.83 Å². The summed E-state index contributed by atoms with van der Waals surface area (Å²) in [5.41, 5.74) is 2.99. The van der Waals surface area contributed by atoms with E-state index in [9.17, 15) is 13.2 Å². The first-order chi connectivity index (χ1) is 8.81. The molecule has 2 rings (SSSR count). The molecule has 1 aliphatic rings. The van der Waals surface area contributed by atoms with E-state index in [1.54, 1.807) is 6.92 Å². The zero-order valence-electron chi connectivity index (χ0n) is 10.6. The minimum Gasteiger partial charge on any atom is -0.360 e. The highest BCUT2D eigenvalue weighted by Crippen LogP contribution is 2.18. The molecule has 9 nitrogen and oxygen atoms in total. The molecule has 10 heteroatoms. The maximum absolute atomic E-state index is 12.2. The van der Waals surface area contributed by atoms with Gasteiger partial charge in [0, 0.05) is 0 Å². The molecule has 0 saturated carbocycles. The highest BCUT2D eigenvalue weighted by molar-refractivity contribution is 7.89. The van der Waals surface area contributed by atoms with Crippen LogP contribution in [0.25, 0.3) is 0 Å². The molecular weight excluding hydrogens is 274 g/mol. The molecule has 104 valence electrons. The third-order valence-corrected chi connectivity index (χ3v) is 4.02. The van der Waals surface area contributed by atoms with Gasteiger partial charge in [0.2, 0.25) is 0 Å². The summed E-state index contributed by atoms with van der Waals surface area (Å²) in [5.74, 6) is 0.160. The Morgan fingerprint density at radius 1 is 1.37 bits per heavy atom. The molecule has 1 aliphatic heterocycles. The SMILES string of the molecule is CC1=NNC(=O)N(NS(=O)(=O)c2c(C)noc2C)C1. The number of nitrogens with zero attached hydrogens (tertiary/aromatic N) is 3. The van der Waals surface area contributed by atoms with Gasteiger partial charge in [0.25, 0.3) is 10.0 Å². The molecule has 2 heterocycles. The summed E-state index contributed by atoms with van der Waals surface area (Å²) in [5, 5.41) is 8.19. The summed E-state index contributed by atoms with van der Waals surface area (Å²) in [6.07, 6.45) is 0. The van der Waals surface area contributed by atoms with Gasteiger partial charge in [-0.25, -0.2) is 23.6 Å². The average Bonchev–Trinajstić information content (AvgIpc) is 2.64. The molecule has 0 saturated heterocycles. The van der Waals surface area contributed by atoms with Crippen LogP contribution in [0, 0.1) is 13.8 Å². The van der Waals surface area contributed by atoms with Gasteiger partial charge < -0.3 is 4.52 Å². The van der Waals surface area contributed by atoms with E-state index in [0.29, 0.717) is 5.71 Å². The van der Waals surface area contributed by atoms with E-state index < -0.39 is 16.1 Å². The first-order valence-electron chi connectivity index (χ1n) is 5.37. The highest BCUT2D eigenvalue weighted by Gasteiger charge is 2.29. The van der Waals surface area contributed by atoms with Crippen LogP contribution in [0.1, 0.15) is 18.4 Å². The number of carbonyl (C=O) groups excluding carboxylic acids is 1. The van der Waals surface area contributed by atoms with Gasteiger partial charge in [0.15, 0.2) is 5.76 Å². The van der Waals surface area contributed by atoms with Crippen molar-refractivity contribution < 1.29 is 17.7 Å². The van der Waals surface area contributed by atoms with E-state index in [1.807, 2.05) is 0 Å². The third-order valence-electron chi connectivity index (χ3n) is 2.44. The van der Waals surface area contributed by atoms with Crippen LogP contribution in [-0.2, 0) is 10.0 Å². The normalized spacial score (nSPS) is 16.3. The van der Waals surface area contributed by atoms with Crippen molar-refractivity contribution in [1.29, 1.82) is 0 Å². The first-order valence-corrected chi connectivity index (χ1v) is 6.85. The number of hydrogen-bond acceptors (Lipinski definition) is 6. The van der Waals surface area contributed by atoms with E-state index in [-0.39, 0.29) is 22.9 Å². The lowest BCUT2D eigenvalue weighted by Crippen LogP contribution is -2.54. The molecule has 2 N–H and O–H groups in total. The number of sulfonamides is 1. The summed E-state index contributed by atoms with van der Waals surface area (Å²) in [6.45, 7) is 4.72. The lowest BCUT2D eigenvalue weighted by molar-refractivity contribution is 0.193. The van der Waals surface area contributed by atoms with E-state index in [1.165, 1.54) is 13.8 Å². The summed E-state index contributed by atoms with van der Waals surface area (Å²) in [6, 6.07) is -0.652. The summed E-state index contributed by atoms with van der Waals surface area (Å²) < 4.78 is 29.2. The van der Waals surface area contributed by atoms with Crippen LogP contribution in [0.2, 0.25) is 0 Å². The van der Waals surface area contributed by atoms with E-state index in [0.717, 1.165) is 5.01 Å². The quantitative estimate of drug-likeness (QED) is 0.804. The number of hydrazine groups is 1. The topological polar surface area (TPSA) is 117 Å². The highest BCUT2D eigenvalue weighted by atomic mass is 32.2. The molecule has 19 heavy (non-hydrogen) atoms. The molecule has 0 unspecified atom stereocenters. The molecule has 1 aromatic heterocycles. The van der Waals surface area contributed by atoms with Crippen molar-refractivity contribution in [2.75, 3.05) is 6.54 Å². The lowest BCUT2D eigenvalue weighted by Gasteiger charge is -2.25. The standard InChI is InChI=1S/C9H13N5O4S/c1-5-4-14(9(15)11-10-5)13-19(16,17)8-6(2)12-18-7(8)3/h13H,4H2,1-3H3,(H,11,15). The van der Waals surface area contributed by atoms with Gasteiger partial charge in [0.05, 0.1) is 12.3 Å². The molecule has 0 spiro atoms. The Kier molecular flexibility index (Phi) is 3.28. The number of hydrazone groups is 1. The Balaban J connectivity index is 2.28. The van der Waals surface area contributed by atoms with Gasteiger partial charge >= 0.3 is 6.03 Å². The number of hydrogen-bond donors (Lipinski definition) is 2. The second-order valence-corrected chi connectivity index (χ2v) is 5.70. The fourth-order valence-electron chi connectivity index (χ4n) is 1.66. The second kappa shape index (κ2) is 4.63. The van der Waals surface area contributed by atoms with Gasteiger partial charge in [-0.1, -0.05) is 5.16 Å². The zero-order valence-corrected chi connectivity index (χ0v) is 11.4. The monoisotopic (exact) mass is 287 g/mol. The van der Waals surface area contributed by atoms with Crippen LogP contribution in [0.3, 0.4) is 0 Å². The largest absolute Gasteiger partial charge is 0.360 e. The molecular formula is C9H13N5O4S. The fraction of sp³-hybridized carbons (Fsp3) is 0.444. The molecule has 2 amide bonds. The van der Waals surface area contributed by atoms with Gasteiger partial charge in [0.1, 0.15) is 10.6 Å². The van der Waals surface area contributed by atoms with Crippen LogP contribution in [0.5, 0.6) is 0 Å². The molecule has 0 atom stereocenters. The second-order valence-electron chi connectivity index (χ2n) is 4.10. The lowest BCUT2D eigenvalue weighted by atomic mass is 10.4. The number of carbonyl (C=O) groups is 1. The zero-order chi connectivity index (χ0) is 14.2. The molecule has 0 fully saturated rings. The van der Waals surface area contributed by atoms with Crippen molar-refractivity contribution in [2.45, 2.75) is 25.7 Å². The average molecular weight is 287 g/mol. The number of nitrogens with one attached hydrogen (secondary N) is 2. The summed E-state index contributed by atoms with van der Waals surface area (Å²) in [7, 11) is -3.93. The number of amides is 2. The molecule has 0 aromatic carbocycles. The van der Waals surface area contributed by atoms with Crippen molar-refractivity contribution in [1.82, 2.24) is 20.4 Å². The Morgan fingerprint density at radius 3 is 2.63 bits per heavy atom. The summed E-state index contributed by atoms with van der Waals surface area (Å²) in [4.78, 5) is 13.6. The van der Waals surface area contributed by atoms with Gasteiger partial charge in [-0.05, 0) is 20.8 Å². The predicted octanol–water partition coefficient (Wildman–Crippen LogP) is -0.114. The fourth-order valence-corrected chi connectivity index (χ4v) is 3.03. The number of rotatable bonds is 3. The Labute approximate surface area is 109 Å². The smallest absolute Gasteiger partial charge is 0.353 e. The Morgan fingerprint density at radius 2 is 2.05 bits per heavy atom. The van der Waals surface area contributed by atoms with Crippen LogP contribution in [0.15, 0.2) is 14.5 Å². The molecule has 0 radical (unpaired) electrons. The molecule has 0 bridgehead atoms. The van der Waals surface area contributed by atoms with Crippen molar-refractivity contribution in [3.05, 3.63) is 11.5 Å². The third kappa shape index (κ3) is 2.58. The van der Waals surface area contributed by atoms with Crippen molar-refractivity contribution >= 4 is 21.8 Å². The van der Waals surface area contributed by atoms with Crippen molar-refractivity contribution in [2.24, 2.45) is 5.10 Å². The van der Waals surface area contributed by atoms with E-state index in [2.05, 4.69) is 20.5 Å². The maximum Gasteiger partial charge on any atom is 0.353 e. The number of aryl methyl sites for hydroxylation is 2. The van der Waals surface area contributed by atoms with Crippen LogP contribution < -0.4 is 10.3 Å². The van der Waals surface area contributed by atoms with E-state index >= 15 is 0 Å². The Hall–Kier alpha value is -1.94.